The minimum Gasteiger partial charge on any atom is -0.388 e. The number of nitrogens with two attached hydrogens (primary N) is 1. The second-order valence-corrected chi connectivity index (χ2v) is 4.28. The molecular weight excluding hydrogens is 238 g/mol. The number of aromatic nitrogens is 2. The van der Waals surface area contributed by atoms with Crippen LogP contribution in [0.25, 0.3) is 0 Å². The maximum absolute atomic E-state index is 7.37. The lowest BCUT2D eigenvalue weighted by Crippen LogP contribution is -2.24. The molecule has 0 bridgehead atoms. The van der Waals surface area contributed by atoms with Crippen LogP contribution in [0.4, 0.5) is 11.5 Å². The van der Waals surface area contributed by atoms with Crippen molar-refractivity contribution in [2.45, 2.75) is 13.3 Å². The van der Waals surface area contributed by atoms with Gasteiger partial charge < -0.3 is 10.6 Å². The predicted octanol–water partition coefficient (Wildman–Crippen LogP) is 2.25. The summed E-state index contributed by atoms with van der Waals surface area (Å²) in [6, 6.07) is 11.9. The summed E-state index contributed by atoms with van der Waals surface area (Å²) in [5.74, 6) is 0.992. The molecule has 1 aromatic carbocycles. The molecule has 3 N–H and O–H groups in total. The van der Waals surface area contributed by atoms with Gasteiger partial charge in [0.2, 0.25) is 0 Å². The van der Waals surface area contributed by atoms with Gasteiger partial charge in [-0.15, -0.1) is 0 Å². The fourth-order valence-corrected chi connectivity index (χ4v) is 1.80. The highest BCUT2D eigenvalue weighted by molar-refractivity contribution is 5.78. The van der Waals surface area contributed by atoms with Gasteiger partial charge in [0.05, 0.1) is 5.84 Å². The number of benzene rings is 1. The SMILES string of the molecule is Cc1cc(N(CCC(=N)N)c2ccccc2)ncn1. The zero-order valence-corrected chi connectivity index (χ0v) is 10.9. The third kappa shape index (κ3) is 3.51. The summed E-state index contributed by atoms with van der Waals surface area (Å²) >= 11 is 0. The Hall–Kier alpha value is -2.43. The molecule has 5 nitrogen and oxygen atoms in total. The van der Waals surface area contributed by atoms with Crippen molar-refractivity contribution in [1.29, 1.82) is 5.41 Å². The quantitative estimate of drug-likeness (QED) is 0.634. The van der Waals surface area contributed by atoms with Crippen molar-refractivity contribution in [3.05, 3.63) is 48.4 Å². The first-order valence-corrected chi connectivity index (χ1v) is 6.11. The third-order valence-electron chi connectivity index (χ3n) is 2.74. The maximum Gasteiger partial charge on any atom is 0.136 e. The molecule has 0 saturated heterocycles. The van der Waals surface area contributed by atoms with Crippen molar-refractivity contribution in [1.82, 2.24) is 9.97 Å². The lowest BCUT2D eigenvalue weighted by Gasteiger charge is -2.23. The average Bonchev–Trinajstić information content (AvgIpc) is 2.40. The van der Waals surface area contributed by atoms with E-state index in [-0.39, 0.29) is 5.84 Å². The van der Waals surface area contributed by atoms with E-state index in [0.717, 1.165) is 17.2 Å². The molecule has 0 aliphatic carbocycles. The van der Waals surface area contributed by atoms with Crippen molar-refractivity contribution >= 4 is 17.3 Å². The van der Waals surface area contributed by atoms with E-state index >= 15 is 0 Å². The van der Waals surface area contributed by atoms with Crippen LogP contribution >= 0.6 is 0 Å². The Kier molecular flexibility index (Phi) is 4.07. The zero-order valence-electron chi connectivity index (χ0n) is 10.9. The predicted molar refractivity (Wildman–Crippen MR) is 76.7 cm³/mol. The summed E-state index contributed by atoms with van der Waals surface area (Å²) in [6.07, 6.45) is 2.05. The minimum atomic E-state index is 0.173. The first-order chi connectivity index (χ1) is 9.16. The standard InChI is InChI=1S/C14H17N5/c1-11-9-14(18-10-17-11)19(8-7-13(15)16)12-5-3-2-4-6-12/h2-6,9-10H,7-8H2,1H3,(H3,15,16). The molecule has 1 heterocycles. The zero-order chi connectivity index (χ0) is 13.7. The van der Waals surface area contributed by atoms with Gasteiger partial charge in [0, 0.05) is 30.4 Å². The number of hydrogen-bond acceptors (Lipinski definition) is 4. The van der Waals surface area contributed by atoms with Crippen LogP contribution in [-0.4, -0.2) is 22.3 Å². The Balaban J connectivity index is 2.31. The largest absolute Gasteiger partial charge is 0.388 e. The van der Waals surface area contributed by atoms with Gasteiger partial charge in [-0.05, 0) is 19.1 Å². The van der Waals surface area contributed by atoms with Crippen molar-refractivity contribution < 1.29 is 0 Å². The van der Waals surface area contributed by atoms with Crippen molar-refractivity contribution in [3.8, 4) is 0 Å². The fraction of sp³-hybridized carbons (Fsp3) is 0.214. The van der Waals surface area contributed by atoms with Crippen molar-refractivity contribution in [3.63, 3.8) is 0 Å². The highest BCUT2D eigenvalue weighted by Gasteiger charge is 2.11. The monoisotopic (exact) mass is 255 g/mol. The number of para-hydroxylation sites is 1. The molecule has 0 unspecified atom stereocenters. The number of amidine groups is 1. The van der Waals surface area contributed by atoms with E-state index in [2.05, 4.69) is 9.97 Å². The minimum absolute atomic E-state index is 0.173. The van der Waals surface area contributed by atoms with Gasteiger partial charge in [0.1, 0.15) is 12.1 Å². The molecule has 2 rings (SSSR count). The molecular formula is C14H17N5. The van der Waals surface area contributed by atoms with Crippen LogP contribution in [0, 0.1) is 12.3 Å². The number of rotatable bonds is 5. The van der Waals surface area contributed by atoms with Gasteiger partial charge in [-0.3, -0.25) is 5.41 Å². The maximum atomic E-state index is 7.37. The van der Waals surface area contributed by atoms with E-state index in [9.17, 15) is 0 Å². The van der Waals surface area contributed by atoms with Gasteiger partial charge >= 0.3 is 0 Å². The lowest BCUT2D eigenvalue weighted by atomic mass is 10.2. The van der Waals surface area contributed by atoms with Gasteiger partial charge in [-0.1, -0.05) is 18.2 Å². The smallest absolute Gasteiger partial charge is 0.136 e. The van der Waals surface area contributed by atoms with E-state index < -0.39 is 0 Å². The molecule has 0 aliphatic rings. The van der Waals surface area contributed by atoms with E-state index in [0.29, 0.717) is 13.0 Å². The average molecular weight is 255 g/mol. The number of aryl methyl sites for hydroxylation is 1. The summed E-state index contributed by atoms with van der Waals surface area (Å²) in [7, 11) is 0. The lowest BCUT2D eigenvalue weighted by molar-refractivity contribution is 0.920. The van der Waals surface area contributed by atoms with Crippen LogP contribution in [0.15, 0.2) is 42.7 Å². The molecule has 0 spiro atoms. The normalized spacial score (nSPS) is 10.2. The molecule has 0 radical (unpaired) electrons. The van der Waals surface area contributed by atoms with Crippen molar-refractivity contribution in [2.75, 3.05) is 11.4 Å². The van der Waals surface area contributed by atoms with Crippen LogP contribution in [0.5, 0.6) is 0 Å². The first kappa shape index (κ1) is 13.0. The van der Waals surface area contributed by atoms with Crippen molar-refractivity contribution in [2.24, 2.45) is 5.73 Å². The van der Waals surface area contributed by atoms with E-state index in [1.165, 1.54) is 0 Å². The number of nitrogens with zero attached hydrogens (tertiary/aromatic N) is 3. The Morgan fingerprint density at radius 3 is 2.63 bits per heavy atom. The molecule has 0 atom stereocenters. The molecule has 0 fully saturated rings. The Morgan fingerprint density at radius 2 is 2.00 bits per heavy atom. The second-order valence-electron chi connectivity index (χ2n) is 4.28. The number of nitrogens with one attached hydrogen (secondary N) is 1. The summed E-state index contributed by atoms with van der Waals surface area (Å²) in [4.78, 5) is 10.4. The summed E-state index contributed by atoms with van der Waals surface area (Å²) in [6.45, 7) is 2.55. The van der Waals surface area contributed by atoms with Crippen LogP contribution < -0.4 is 10.6 Å². The molecule has 19 heavy (non-hydrogen) atoms. The molecule has 0 amide bonds. The van der Waals surface area contributed by atoms with Gasteiger partial charge in [-0.25, -0.2) is 9.97 Å². The molecule has 5 heteroatoms. The summed E-state index contributed by atoms with van der Waals surface area (Å²) in [5, 5.41) is 7.37. The second kappa shape index (κ2) is 5.95. The van der Waals surface area contributed by atoms with Gasteiger partial charge in [0.25, 0.3) is 0 Å². The van der Waals surface area contributed by atoms with Crippen LogP contribution in [0.3, 0.4) is 0 Å². The molecule has 0 saturated carbocycles. The van der Waals surface area contributed by atoms with Gasteiger partial charge in [0.15, 0.2) is 0 Å². The summed E-state index contributed by atoms with van der Waals surface area (Å²) in [5.41, 5.74) is 7.39. The highest BCUT2D eigenvalue weighted by Crippen LogP contribution is 2.23. The highest BCUT2D eigenvalue weighted by atomic mass is 15.2. The Morgan fingerprint density at radius 1 is 1.26 bits per heavy atom. The Labute approximate surface area is 112 Å². The van der Waals surface area contributed by atoms with E-state index in [1.807, 2.05) is 48.2 Å². The Bertz CT molecular complexity index is 553. The van der Waals surface area contributed by atoms with Crippen LogP contribution in [0.1, 0.15) is 12.1 Å². The number of hydrogen-bond donors (Lipinski definition) is 2. The molecule has 98 valence electrons. The van der Waals surface area contributed by atoms with Gasteiger partial charge in [-0.2, -0.15) is 0 Å². The summed E-state index contributed by atoms with van der Waals surface area (Å²) < 4.78 is 0. The first-order valence-electron chi connectivity index (χ1n) is 6.11. The van der Waals surface area contributed by atoms with E-state index in [1.54, 1.807) is 6.33 Å². The fourth-order valence-electron chi connectivity index (χ4n) is 1.80. The molecule has 2 aromatic rings. The van der Waals surface area contributed by atoms with Crippen LogP contribution in [-0.2, 0) is 0 Å². The van der Waals surface area contributed by atoms with E-state index in [4.69, 9.17) is 11.1 Å². The molecule has 1 aromatic heterocycles. The number of anilines is 2. The molecule has 0 aliphatic heterocycles. The third-order valence-corrected chi connectivity index (χ3v) is 2.74. The topological polar surface area (TPSA) is 78.9 Å². The van der Waals surface area contributed by atoms with Crippen LogP contribution in [0.2, 0.25) is 0 Å².